The first-order chi connectivity index (χ1) is 16.9. The molecule has 0 bridgehead atoms. The molecule has 2 aromatic rings. The summed E-state index contributed by atoms with van der Waals surface area (Å²) in [6.45, 7) is 5.13. The molecule has 0 radical (unpaired) electrons. The lowest BCUT2D eigenvalue weighted by Gasteiger charge is -2.32. The Kier molecular flexibility index (Phi) is 6.59. The van der Waals surface area contributed by atoms with Crippen molar-refractivity contribution in [3.05, 3.63) is 33.9 Å². The molecule has 3 N–H and O–H groups in total. The maximum absolute atomic E-state index is 13.5. The third-order valence-electron chi connectivity index (χ3n) is 7.76. The number of anilines is 2. The molecule has 2 fully saturated rings. The van der Waals surface area contributed by atoms with Crippen molar-refractivity contribution in [1.82, 2.24) is 15.3 Å². The van der Waals surface area contributed by atoms with E-state index in [1.807, 2.05) is 6.92 Å². The van der Waals surface area contributed by atoms with E-state index in [9.17, 15) is 14.4 Å². The van der Waals surface area contributed by atoms with Gasteiger partial charge in [-0.2, -0.15) is 0 Å². The smallest absolute Gasteiger partial charge is 0.271 e. The molecule has 3 amide bonds. The molecule has 5 rings (SSSR count). The van der Waals surface area contributed by atoms with E-state index >= 15 is 0 Å². The van der Waals surface area contributed by atoms with Crippen LogP contribution < -0.4 is 16.0 Å². The molecular weight excluding hydrogens is 466 g/mol. The Morgan fingerprint density at radius 1 is 1.20 bits per heavy atom. The number of hydrogen-bond acceptors (Lipinski definition) is 7. The van der Waals surface area contributed by atoms with E-state index in [4.69, 9.17) is 4.74 Å². The van der Waals surface area contributed by atoms with Gasteiger partial charge in [-0.1, -0.05) is 19.8 Å². The van der Waals surface area contributed by atoms with Crippen LogP contribution in [0.5, 0.6) is 0 Å². The first kappa shape index (κ1) is 23.9. The lowest BCUT2D eigenvalue weighted by atomic mass is 9.76. The van der Waals surface area contributed by atoms with Crippen molar-refractivity contribution >= 4 is 40.6 Å². The van der Waals surface area contributed by atoms with E-state index in [0.29, 0.717) is 49.2 Å². The quantitative estimate of drug-likeness (QED) is 0.582. The fourth-order valence-electron chi connectivity index (χ4n) is 5.54. The summed E-state index contributed by atoms with van der Waals surface area (Å²) in [6, 6.07) is 1.02. The Balaban J connectivity index is 1.35. The van der Waals surface area contributed by atoms with Gasteiger partial charge in [0.1, 0.15) is 17.6 Å². The van der Waals surface area contributed by atoms with E-state index in [0.717, 1.165) is 36.1 Å². The number of nitrogens with zero attached hydrogens (tertiary/aromatic N) is 2. The van der Waals surface area contributed by atoms with Gasteiger partial charge in [0.2, 0.25) is 11.8 Å². The van der Waals surface area contributed by atoms with Gasteiger partial charge in [0, 0.05) is 35.9 Å². The van der Waals surface area contributed by atoms with Crippen LogP contribution in [0.2, 0.25) is 0 Å². The predicted octanol–water partition coefficient (Wildman–Crippen LogP) is 3.41. The summed E-state index contributed by atoms with van der Waals surface area (Å²) in [6.07, 6.45) is 6.70. The molecule has 3 aliphatic rings. The molecular formula is C25H31N5O4S. The van der Waals surface area contributed by atoms with E-state index in [-0.39, 0.29) is 23.6 Å². The van der Waals surface area contributed by atoms with Crippen LogP contribution in [0, 0.1) is 18.8 Å². The summed E-state index contributed by atoms with van der Waals surface area (Å²) in [5.41, 5.74) is 2.91. The number of thiazole rings is 1. The third kappa shape index (κ3) is 4.56. The SMILES string of the molecule is Cc1scnc1C(=O)N[C@H](C(=O)Nc1cc2c(cn1)C1(CCOCC1)C(=O)N2)[C@H]1CC[C@H](C)CC1. The summed E-state index contributed by atoms with van der Waals surface area (Å²) >= 11 is 1.40. The van der Waals surface area contributed by atoms with Crippen molar-refractivity contribution in [1.29, 1.82) is 0 Å². The van der Waals surface area contributed by atoms with Crippen molar-refractivity contribution in [3.63, 3.8) is 0 Å². The van der Waals surface area contributed by atoms with Gasteiger partial charge in [0.15, 0.2) is 0 Å². The highest BCUT2D eigenvalue weighted by Crippen LogP contribution is 2.44. The summed E-state index contributed by atoms with van der Waals surface area (Å²) < 4.78 is 5.46. The molecule has 9 nitrogen and oxygen atoms in total. The minimum atomic E-state index is -0.692. The number of amides is 3. The molecule has 1 spiro atoms. The van der Waals surface area contributed by atoms with Crippen molar-refractivity contribution in [2.75, 3.05) is 23.8 Å². The van der Waals surface area contributed by atoms with Gasteiger partial charge in [-0.25, -0.2) is 9.97 Å². The minimum absolute atomic E-state index is 0.0359. The van der Waals surface area contributed by atoms with Gasteiger partial charge in [-0.15, -0.1) is 11.3 Å². The summed E-state index contributed by atoms with van der Waals surface area (Å²) in [4.78, 5) is 48.7. The lowest BCUT2D eigenvalue weighted by molar-refractivity contribution is -0.124. The monoisotopic (exact) mass is 497 g/mol. The number of aromatic nitrogens is 2. The maximum atomic E-state index is 13.5. The van der Waals surface area contributed by atoms with Crippen LogP contribution in [0.1, 0.15) is 66.4 Å². The van der Waals surface area contributed by atoms with Gasteiger partial charge in [0.25, 0.3) is 5.91 Å². The van der Waals surface area contributed by atoms with E-state index in [2.05, 4.69) is 32.8 Å². The van der Waals surface area contributed by atoms with Crippen LogP contribution >= 0.6 is 11.3 Å². The first-order valence-electron chi connectivity index (χ1n) is 12.3. The molecule has 0 aromatic carbocycles. The lowest BCUT2D eigenvalue weighted by Crippen LogP contribution is -2.49. The van der Waals surface area contributed by atoms with Gasteiger partial charge in [0.05, 0.1) is 16.6 Å². The summed E-state index contributed by atoms with van der Waals surface area (Å²) in [5, 5.41) is 8.81. The number of carbonyl (C=O) groups excluding carboxylic acids is 3. The van der Waals surface area contributed by atoms with Crippen LogP contribution in [0.3, 0.4) is 0 Å². The number of nitrogens with one attached hydrogen (secondary N) is 3. The number of ether oxygens (including phenoxy) is 1. The zero-order chi connectivity index (χ0) is 24.6. The molecule has 2 aliphatic heterocycles. The number of pyridine rings is 1. The topological polar surface area (TPSA) is 122 Å². The minimum Gasteiger partial charge on any atom is -0.381 e. The summed E-state index contributed by atoms with van der Waals surface area (Å²) in [7, 11) is 0. The second-order valence-electron chi connectivity index (χ2n) is 9.98. The molecule has 35 heavy (non-hydrogen) atoms. The largest absolute Gasteiger partial charge is 0.381 e. The van der Waals surface area contributed by atoms with Crippen LogP contribution in [-0.2, 0) is 19.7 Å². The van der Waals surface area contributed by atoms with E-state index in [1.54, 1.807) is 17.8 Å². The summed E-state index contributed by atoms with van der Waals surface area (Å²) in [5.74, 6) is 0.328. The van der Waals surface area contributed by atoms with Crippen molar-refractivity contribution in [2.24, 2.45) is 11.8 Å². The Bertz CT molecular complexity index is 1130. The molecule has 1 saturated heterocycles. The average Bonchev–Trinajstić information content (AvgIpc) is 3.39. The highest BCUT2D eigenvalue weighted by atomic mass is 32.1. The average molecular weight is 498 g/mol. The molecule has 1 atom stereocenters. The third-order valence-corrected chi connectivity index (χ3v) is 8.52. The van der Waals surface area contributed by atoms with Gasteiger partial charge in [-0.05, 0) is 44.4 Å². The number of rotatable bonds is 5. The van der Waals surface area contributed by atoms with E-state index in [1.165, 1.54) is 11.3 Å². The Hall–Kier alpha value is -2.85. The van der Waals surface area contributed by atoms with Crippen LogP contribution in [0.4, 0.5) is 11.5 Å². The first-order valence-corrected chi connectivity index (χ1v) is 13.2. The second-order valence-corrected chi connectivity index (χ2v) is 11.0. The molecule has 10 heteroatoms. The molecule has 4 heterocycles. The second kappa shape index (κ2) is 9.66. The standard InChI is InChI=1S/C25H31N5O4S/c1-14-3-5-16(6-4-14)21(30-22(31)20-15(2)35-13-27-20)23(32)29-19-11-18-17(12-26-19)25(24(33)28-18)7-9-34-10-8-25/h11-14,16,21H,3-10H2,1-2H3,(H,28,33)(H,30,31)(H,26,29,32)/t14-,16-,21-/m0/s1. The fraction of sp³-hybridized carbons (Fsp3) is 0.560. The normalized spacial score (nSPS) is 23.9. The number of fused-ring (bicyclic) bond motifs is 2. The zero-order valence-electron chi connectivity index (χ0n) is 20.1. The Morgan fingerprint density at radius 3 is 2.63 bits per heavy atom. The van der Waals surface area contributed by atoms with Crippen molar-refractivity contribution in [3.8, 4) is 0 Å². The molecule has 0 unspecified atom stereocenters. The van der Waals surface area contributed by atoms with Gasteiger partial charge in [-0.3, -0.25) is 14.4 Å². The fourth-order valence-corrected chi connectivity index (χ4v) is 6.12. The molecule has 186 valence electrons. The van der Waals surface area contributed by atoms with Crippen molar-refractivity contribution < 1.29 is 19.1 Å². The number of hydrogen-bond donors (Lipinski definition) is 3. The van der Waals surface area contributed by atoms with Gasteiger partial charge >= 0.3 is 0 Å². The zero-order valence-corrected chi connectivity index (χ0v) is 20.9. The Labute approximate surface area is 208 Å². The molecule has 2 aromatic heterocycles. The maximum Gasteiger partial charge on any atom is 0.271 e. The van der Waals surface area contributed by atoms with Crippen LogP contribution in [0.25, 0.3) is 0 Å². The van der Waals surface area contributed by atoms with Crippen molar-refractivity contribution in [2.45, 2.75) is 63.8 Å². The highest BCUT2D eigenvalue weighted by molar-refractivity contribution is 7.09. The van der Waals surface area contributed by atoms with Crippen LogP contribution in [0.15, 0.2) is 17.8 Å². The number of aryl methyl sites for hydroxylation is 1. The van der Waals surface area contributed by atoms with Crippen LogP contribution in [-0.4, -0.2) is 46.9 Å². The predicted molar refractivity (Wildman–Crippen MR) is 132 cm³/mol. The van der Waals surface area contributed by atoms with E-state index < -0.39 is 11.5 Å². The Morgan fingerprint density at radius 2 is 1.94 bits per heavy atom. The number of carbonyl (C=O) groups is 3. The molecule has 1 saturated carbocycles. The molecule has 1 aliphatic carbocycles. The highest BCUT2D eigenvalue weighted by Gasteiger charge is 2.48. The van der Waals surface area contributed by atoms with Gasteiger partial charge < -0.3 is 20.7 Å².